The zero-order valence-corrected chi connectivity index (χ0v) is 53.3. The van der Waals surface area contributed by atoms with Crippen LogP contribution < -0.4 is 0 Å². The van der Waals surface area contributed by atoms with Crippen LogP contribution in [-0.4, -0.2) is 232 Å². The first-order valence-electron chi connectivity index (χ1n) is 23.8. The van der Waals surface area contributed by atoms with Crippen molar-refractivity contribution in [3.05, 3.63) is 12.2 Å². The molecule has 0 N–H and O–H groups in total. The van der Waals surface area contributed by atoms with Gasteiger partial charge in [0.25, 0.3) is 25.4 Å². The molecule has 606 valence electrons. The molecule has 0 aliphatic carbocycles. The summed E-state index contributed by atoms with van der Waals surface area (Å²) in [7, 11) is 2.42. The molecule has 0 amide bonds. The number of hydrogen-bond donors (Lipinski definition) is 0. The van der Waals surface area contributed by atoms with Gasteiger partial charge >= 0.3 is 118 Å². The number of halogens is 43. The average molecular weight is 1690 g/mol. The predicted molar refractivity (Wildman–Crippen MR) is 247 cm³/mol. The van der Waals surface area contributed by atoms with Crippen LogP contribution in [0.1, 0.15) is 0 Å². The second-order valence-corrected chi connectivity index (χ2v) is 27.8. The monoisotopic (exact) mass is 1690 g/mol. The molecule has 0 aromatic rings. The summed E-state index contributed by atoms with van der Waals surface area (Å²) in [5.41, 5.74) is -0.804. The molecule has 0 aromatic carbocycles. The average Bonchev–Trinajstić information content (AvgIpc) is 0.792. The van der Waals surface area contributed by atoms with E-state index in [0.717, 1.165) is 14.2 Å². The molecule has 16 nitrogen and oxygen atoms in total. The van der Waals surface area contributed by atoms with E-state index in [2.05, 4.69) is 73.8 Å². The van der Waals surface area contributed by atoms with Crippen LogP contribution in [0, 0.1) is 5.92 Å². The molecule has 0 radical (unpaired) electrons. The Morgan fingerprint density at radius 1 is 0.360 bits per heavy atom. The van der Waals surface area contributed by atoms with Gasteiger partial charge in [-0.1, -0.05) is 6.58 Å². The standard InChI is InChI=1S/C19H22F20O6Si.C16H12F20O4.C4H10O6.Cl3HSi/c1-40-46(3,41-2)6-9(4-42-7-12(22,23)10(20)44-18(36,37)14(26,27)16(30,31)32)5-43-8-13(24,25)11(21)45-19(38,39)15(28,29)17(33,34)35;1-6(2-37-4-9(19,20)7(17)39-15(33,34)11(23,24)13(27,28)29)3-38-5-10(21,22)8(18)40-16(35,36)12(25,26)14(30,31)32;1-5-8-4(9-6-2)10-7-3;1-4(2)3/h9-11H,4-8H2,1-3H3;7-8H,1-5H2;4H,1-3H3;4H. The van der Waals surface area contributed by atoms with E-state index < -0.39 is 214 Å². The third-order valence-corrected chi connectivity index (χ3v) is 12.8. The summed E-state index contributed by atoms with van der Waals surface area (Å²) in [6.45, 7) is -13.8. The fraction of sp³-hybridized carbons (Fsp3) is 0.949. The highest BCUT2D eigenvalue weighted by atomic mass is 35.8. The van der Waals surface area contributed by atoms with E-state index in [1.165, 1.54) is 27.9 Å². The minimum atomic E-state index is -7.15. The highest BCUT2D eigenvalue weighted by molar-refractivity contribution is 7.54. The van der Waals surface area contributed by atoms with Crippen LogP contribution in [0.2, 0.25) is 12.6 Å². The van der Waals surface area contributed by atoms with Crippen LogP contribution in [-0.2, 0) is 76.1 Å². The van der Waals surface area contributed by atoms with E-state index in [1.54, 1.807) is 0 Å². The highest BCUT2D eigenvalue weighted by Crippen LogP contribution is 2.53. The lowest BCUT2D eigenvalue weighted by atomic mass is 10.2. The normalized spacial score (nSPS) is 16.1. The van der Waals surface area contributed by atoms with Gasteiger partial charge in [0.2, 0.25) is 0 Å². The van der Waals surface area contributed by atoms with Crippen molar-refractivity contribution in [1.82, 2.24) is 0 Å². The summed E-state index contributed by atoms with van der Waals surface area (Å²) in [5, 5.41) is 0. The molecule has 0 spiro atoms. The van der Waals surface area contributed by atoms with Crippen molar-refractivity contribution in [3.63, 3.8) is 0 Å². The van der Waals surface area contributed by atoms with Crippen molar-refractivity contribution in [2.24, 2.45) is 5.92 Å². The molecule has 0 saturated carbocycles. The van der Waals surface area contributed by atoms with Gasteiger partial charge in [-0.2, -0.15) is 173 Å². The van der Waals surface area contributed by atoms with E-state index >= 15 is 0 Å². The summed E-state index contributed by atoms with van der Waals surface area (Å²) in [4.78, 5) is 25.6. The topological polar surface area (TPSA) is 148 Å². The summed E-state index contributed by atoms with van der Waals surface area (Å²) in [5.74, 6) is -51.7. The van der Waals surface area contributed by atoms with Crippen LogP contribution in [0.4, 0.5) is 176 Å². The van der Waals surface area contributed by atoms with Crippen LogP contribution >= 0.6 is 33.2 Å². The SMILES string of the molecule is C=C(COCC(F)(F)C(F)OC(F)(F)C(F)(F)C(F)(F)F)COCC(F)(F)C(F)OC(F)(F)C(F)(F)C(F)(F)F.COOC(OOC)OOC.CO[Si](C)(CC(COCC(F)(F)C(F)OC(F)(F)C(F)(F)C(F)(F)F)COCC(F)(F)C(F)OC(F)(F)C(F)(F)C(F)(F)F)OC.Cl[SiH](Cl)Cl. The summed E-state index contributed by atoms with van der Waals surface area (Å²) < 4.78 is 547. The zero-order valence-electron chi connectivity index (χ0n) is 48.9. The molecule has 4 unspecified atom stereocenters. The number of alkyl halides is 40. The highest BCUT2D eigenvalue weighted by Gasteiger charge is 2.79. The van der Waals surface area contributed by atoms with Crippen molar-refractivity contribution in [3.8, 4) is 0 Å². The molecule has 4 atom stereocenters. The molecular formula is C39H45Cl3F40O16Si2. The lowest BCUT2D eigenvalue weighted by Gasteiger charge is -2.31. The molecule has 0 aliphatic heterocycles. The first-order chi connectivity index (χ1) is 44.1. The Labute approximate surface area is 547 Å². The van der Waals surface area contributed by atoms with Crippen LogP contribution in [0.5, 0.6) is 0 Å². The van der Waals surface area contributed by atoms with Crippen LogP contribution in [0.25, 0.3) is 0 Å². The largest absolute Gasteiger partial charge is 0.462 e. The van der Waals surface area contributed by atoms with E-state index in [-0.39, 0.29) is 0 Å². The first-order valence-corrected chi connectivity index (χ1v) is 31.5. The van der Waals surface area contributed by atoms with Gasteiger partial charge in [0.1, 0.15) is 26.4 Å². The summed E-state index contributed by atoms with van der Waals surface area (Å²) >= 11 is 14.8. The zero-order chi connectivity index (χ0) is 80.8. The number of hydrogen-bond acceptors (Lipinski definition) is 16. The number of rotatable bonds is 42. The smallest absolute Gasteiger partial charge is 0.398 e. The maximum Gasteiger partial charge on any atom is 0.462 e. The van der Waals surface area contributed by atoms with Crippen LogP contribution in [0.15, 0.2) is 12.2 Å². The third kappa shape index (κ3) is 32.8. The molecule has 0 rings (SSSR count). The number of ether oxygens (including phenoxy) is 8. The van der Waals surface area contributed by atoms with Crippen molar-refractivity contribution < 1.29 is 252 Å². The molecular weight excluding hydrogens is 1650 g/mol. The lowest BCUT2D eigenvalue weighted by molar-refractivity contribution is -0.565. The molecule has 0 aliphatic rings. The van der Waals surface area contributed by atoms with Gasteiger partial charge < -0.3 is 27.8 Å². The molecule has 0 heterocycles. The molecule has 100 heavy (non-hydrogen) atoms. The van der Waals surface area contributed by atoms with Gasteiger partial charge in [-0.3, -0.25) is 18.9 Å². The molecule has 0 saturated heterocycles. The van der Waals surface area contributed by atoms with Gasteiger partial charge in [0, 0.05) is 20.1 Å². The minimum Gasteiger partial charge on any atom is -0.398 e. The summed E-state index contributed by atoms with van der Waals surface area (Å²) in [6.07, 6.45) is -75.2. The molecule has 0 aromatic heterocycles. The quantitative estimate of drug-likeness (QED) is 0.0108. The van der Waals surface area contributed by atoms with Crippen molar-refractivity contribution in [2.75, 3.05) is 88.4 Å². The minimum absolute atomic E-state index is 0.575. The fourth-order valence-electron chi connectivity index (χ4n) is 4.73. The van der Waals surface area contributed by atoms with E-state index in [0.29, 0.717) is 0 Å². The van der Waals surface area contributed by atoms with Gasteiger partial charge in [-0.15, -0.1) is 33.2 Å². The maximum atomic E-state index is 13.8. The Bertz CT molecular complexity index is 2170. The summed E-state index contributed by atoms with van der Waals surface area (Å²) in [6, 6.07) is -0.575. The van der Waals surface area contributed by atoms with Crippen LogP contribution in [0.3, 0.4) is 0 Å². The van der Waals surface area contributed by atoms with Gasteiger partial charge in [-0.25, -0.2) is 32.2 Å². The van der Waals surface area contributed by atoms with E-state index in [9.17, 15) is 176 Å². The third-order valence-electron chi connectivity index (χ3n) is 9.77. The predicted octanol–water partition coefficient (Wildman–Crippen LogP) is 16.0. The van der Waals surface area contributed by atoms with Gasteiger partial charge in [0.15, 0.2) is 0 Å². The lowest BCUT2D eigenvalue weighted by Crippen LogP contribution is -2.56. The second kappa shape index (κ2) is 40.0. The van der Waals surface area contributed by atoms with E-state index in [1.807, 2.05) is 0 Å². The molecule has 0 fully saturated rings. The van der Waals surface area contributed by atoms with E-state index in [4.69, 9.17) is 42.1 Å². The maximum absolute atomic E-state index is 13.8. The van der Waals surface area contributed by atoms with Crippen molar-refractivity contribution >= 4 is 48.5 Å². The fourth-order valence-corrected chi connectivity index (χ4v) is 6.52. The molecule has 0 bridgehead atoms. The van der Waals surface area contributed by atoms with Gasteiger partial charge in [0.05, 0.1) is 47.8 Å². The molecule has 61 heteroatoms. The Balaban J connectivity index is -0.000000775. The Morgan fingerprint density at radius 2 is 0.550 bits per heavy atom. The van der Waals surface area contributed by atoms with Crippen molar-refractivity contribution in [2.45, 2.75) is 141 Å². The Morgan fingerprint density at radius 3 is 0.720 bits per heavy atom. The second-order valence-electron chi connectivity index (χ2n) is 17.8. The van der Waals surface area contributed by atoms with Crippen molar-refractivity contribution in [1.29, 1.82) is 0 Å². The van der Waals surface area contributed by atoms with Gasteiger partial charge in [-0.05, 0) is 18.2 Å². The Kier molecular flexibility index (Phi) is 41.6. The first kappa shape index (κ1) is 104. The Hall–Kier alpha value is -2.40.